The van der Waals surface area contributed by atoms with Gasteiger partial charge in [-0.3, -0.25) is 9.59 Å². The maximum absolute atomic E-state index is 13.6. The van der Waals surface area contributed by atoms with Gasteiger partial charge in [-0.1, -0.05) is 6.07 Å². The summed E-state index contributed by atoms with van der Waals surface area (Å²) in [5.41, 5.74) is 0.322. The van der Waals surface area contributed by atoms with Crippen molar-refractivity contribution in [3.05, 3.63) is 59.2 Å². The second-order valence-corrected chi connectivity index (χ2v) is 6.23. The van der Waals surface area contributed by atoms with Crippen LogP contribution in [0.3, 0.4) is 0 Å². The standard InChI is InChI=1S/C20H22F2N2O4/c1-11(2)28-16-8-6-13(10-17(16)27-4)19(25)24-18(20(26)23-3)12-5-7-14(21)15(22)9-12/h5-11,18H,1-4H3,(H,23,26)(H,24,25). The fourth-order valence-electron chi connectivity index (χ4n) is 2.51. The molecule has 0 aliphatic heterocycles. The van der Waals surface area contributed by atoms with Crippen LogP contribution >= 0.6 is 0 Å². The Kier molecular flexibility index (Phi) is 6.92. The number of methoxy groups -OCH3 is 1. The molecule has 0 aliphatic carbocycles. The van der Waals surface area contributed by atoms with Crippen molar-refractivity contribution in [2.45, 2.75) is 26.0 Å². The lowest BCUT2D eigenvalue weighted by Crippen LogP contribution is -2.39. The number of hydrogen-bond donors (Lipinski definition) is 2. The van der Waals surface area contributed by atoms with Gasteiger partial charge in [-0.05, 0) is 49.7 Å². The number of benzene rings is 2. The molecule has 6 nitrogen and oxygen atoms in total. The molecule has 28 heavy (non-hydrogen) atoms. The summed E-state index contributed by atoms with van der Waals surface area (Å²) in [6.45, 7) is 3.71. The summed E-state index contributed by atoms with van der Waals surface area (Å²) in [5, 5.41) is 4.92. The normalized spacial score (nSPS) is 11.7. The minimum atomic E-state index is -1.20. The van der Waals surface area contributed by atoms with E-state index in [1.165, 1.54) is 32.4 Å². The van der Waals surface area contributed by atoms with E-state index in [0.29, 0.717) is 11.5 Å². The van der Waals surface area contributed by atoms with E-state index >= 15 is 0 Å². The first kappa shape index (κ1) is 21.1. The average molecular weight is 392 g/mol. The van der Waals surface area contributed by atoms with Crippen LogP contribution in [0.2, 0.25) is 0 Å². The Hall–Kier alpha value is -3.16. The molecular weight excluding hydrogens is 370 g/mol. The van der Waals surface area contributed by atoms with Gasteiger partial charge in [0.25, 0.3) is 5.91 Å². The van der Waals surface area contributed by atoms with Crippen molar-refractivity contribution in [3.63, 3.8) is 0 Å². The number of carbonyl (C=O) groups is 2. The lowest BCUT2D eigenvalue weighted by Gasteiger charge is -2.19. The highest BCUT2D eigenvalue weighted by molar-refractivity contribution is 5.98. The molecule has 2 aromatic rings. The van der Waals surface area contributed by atoms with Gasteiger partial charge in [-0.15, -0.1) is 0 Å². The van der Waals surface area contributed by atoms with Crippen LogP contribution in [0.25, 0.3) is 0 Å². The number of carbonyl (C=O) groups excluding carboxylic acids is 2. The van der Waals surface area contributed by atoms with Crippen LogP contribution in [0.5, 0.6) is 11.5 Å². The van der Waals surface area contributed by atoms with Crippen molar-refractivity contribution in [1.29, 1.82) is 0 Å². The fraction of sp³-hybridized carbons (Fsp3) is 0.300. The van der Waals surface area contributed by atoms with Gasteiger partial charge in [0.15, 0.2) is 23.1 Å². The molecule has 0 bridgehead atoms. The summed E-state index contributed by atoms with van der Waals surface area (Å²) in [6, 6.07) is 6.37. The topological polar surface area (TPSA) is 76.7 Å². The Morgan fingerprint density at radius 1 is 1.00 bits per heavy atom. The lowest BCUT2D eigenvalue weighted by molar-refractivity contribution is -0.122. The van der Waals surface area contributed by atoms with Gasteiger partial charge < -0.3 is 20.1 Å². The number of halogens is 2. The van der Waals surface area contributed by atoms with E-state index in [1.807, 2.05) is 13.8 Å². The van der Waals surface area contributed by atoms with E-state index in [2.05, 4.69) is 10.6 Å². The Bertz CT molecular complexity index is 871. The monoisotopic (exact) mass is 392 g/mol. The first-order valence-electron chi connectivity index (χ1n) is 8.59. The zero-order chi connectivity index (χ0) is 20.8. The van der Waals surface area contributed by atoms with Crippen LogP contribution in [0.4, 0.5) is 8.78 Å². The van der Waals surface area contributed by atoms with Crippen LogP contribution in [-0.2, 0) is 4.79 Å². The van der Waals surface area contributed by atoms with Crippen molar-refractivity contribution >= 4 is 11.8 Å². The number of hydrogen-bond acceptors (Lipinski definition) is 4. The molecule has 0 saturated carbocycles. The molecule has 1 unspecified atom stereocenters. The molecule has 150 valence electrons. The van der Waals surface area contributed by atoms with Crippen LogP contribution < -0.4 is 20.1 Å². The van der Waals surface area contributed by atoms with Gasteiger partial charge in [-0.2, -0.15) is 0 Å². The molecule has 8 heteroatoms. The van der Waals surface area contributed by atoms with Crippen molar-refractivity contribution in [2.75, 3.05) is 14.2 Å². The number of likely N-dealkylation sites (N-methyl/N-ethyl adjacent to an activating group) is 1. The van der Waals surface area contributed by atoms with Crippen LogP contribution in [-0.4, -0.2) is 32.1 Å². The summed E-state index contributed by atoms with van der Waals surface area (Å²) in [6.07, 6.45) is -0.0837. The van der Waals surface area contributed by atoms with E-state index in [4.69, 9.17) is 9.47 Å². The first-order chi connectivity index (χ1) is 13.3. The molecule has 2 N–H and O–H groups in total. The molecular formula is C20H22F2N2O4. The van der Waals surface area contributed by atoms with Crippen molar-refractivity contribution in [2.24, 2.45) is 0 Å². The minimum absolute atomic E-state index is 0.0837. The van der Waals surface area contributed by atoms with Crippen molar-refractivity contribution < 1.29 is 27.8 Å². The van der Waals surface area contributed by atoms with E-state index in [1.54, 1.807) is 6.07 Å². The molecule has 2 rings (SSSR count). The number of amides is 2. The zero-order valence-corrected chi connectivity index (χ0v) is 16.0. The van der Waals surface area contributed by atoms with E-state index in [9.17, 15) is 18.4 Å². The van der Waals surface area contributed by atoms with Gasteiger partial charge in [0, 0.05) is 12.6 Å². The Morgan fingerprint density at radius 3 is 2.29 bits per heavy atom. The van der Waals surface area contributed by atoms with Gasteiger partial charge in [0.1, 0.15) is 6.04 Å². The van der Waals surface area contributed by atoms with Crippen LogP contribution in [0.1, 0.15) is 35.8 Å². The second-order valence-electron chi connectivity index (χ2n) is 6.23. The third-order valence-corrected chi connectivity index (χ3v) is 3.85. The molecule has 0 spiro atoms. The summed E-state index contributed by atoms with van der Waals surface area (Å²) >= 11 is 0. The second kappa shape index (κ2) is 9.16. The molecule has 0 radical (unpaired) electrons. The fourth-order valence-corrected chi connectivity index (χ4v) is 2.51. The molecule has 1 atom stereocenters. The Morgan fingerprint density at radius 2 is 1.71 bits per heavy atom. The summed E-state index contributed by atoms with van der Waals surface area (Å²) in [4.78, 5) is 24.8. The van der Waals surface area contributed by atoms with Crippen LogP contribution in [0, 0.1) is 11.6 Å². The van der Waals surface area contributed by atoms with Crippen molar-refractivity contribution in [3.8, 4) is 11.5 Å². The smallest absolute Gasteiger partial charge is 0.252 e. The van der Waals surface area contributed by atoms with Gasteiger partial charge in [0.2, 0.25) is 5.91 Å². The largest absolute Gasteiger partial charge is 0.493 e. The zero-order valence-electron chi connectivity index (χ0n) is 16.0. The lowest BCUT2D eigenvalue weighted by atomic mass is 10.0. The third-order valence-electron chi connectivity index (χ3n) is 3.85. The van der Waals surface area contributed by atoms with Gasteiger partial charge >= 0.3 is 0 Å². The van der Waals surface area contributed by atoms with E-state index < -0.39 is 29.5 Å². The molecule has 0 saturated heterocycles. The van der Waals surface area contributed by atoms with E-state index in [0.717, 1.165) is 12.1 Å². The summed E-state index contributed by atoms with van der Waals surface area (Å²) in [7, 11) is 2.82. The molecule has 0 heterocycles. The van der Waals surface area contributed by atoms with Crippen molar-refractivity contribution in [1.82, 2.24) is 10.6 Å². The quantitative estimate of drug-likeness (QED) is 0.760. The third kappa shape index (κ3) is 4.97. The Balaban J connectivity index is 2.30. The minimum Gasteiger partial charge on any atom is -0.493 e. The highest BCUT2D eigenvalue weighted by atomic mass is 19.2. The average Bonchev–Trinajstić information content (AvgIpc) is 2.67. The van der Waals surface area contributed by atoms with E-state index in [-0.39, 0.29) is 17.2 Å². The molecule has 0 aliphatic rings. The maximum atomic E-state index is 13.6. The number of ether oxygens (including phenoxy) is 2. The predicted octanol–water partition coefficient (Wildman–Crippen LogP) is 2.98. The molecule has 0 aromatic heterocycles. The predicted molar refractivity (Wildman–Crippen MR) is 99.4 cm³/mol. The van der Waals surface area contributed by atoms with Gasteiger partial charge in [0.05, 0.1) is 13.2 Å². The Labute approximate surface area is 161 Å². The maximum Gasteiger partial charge on any atom is 0.252 e. The van der Waals surface area contributed by atoms with Crippen LogP contribution in [0.15, 0.2) is 36.4 Å². The highest BCUT2D eigenvalue weighted by Crippen LogP contribution is 2.29. The highest BCUT2D eigenvalue weighted by Gasteiger charge is 2.24. The number of rotatable bonds is 7. The molecule has 2 aromatic carbocycles. The summed E-state index contributed by atoms with van der Waals surface area (Å²) < 4.78 is 37.6. The molecule has 0 fully saturated rings. The van der Waals surface area contributed by atoms with Gasteiger partial charge in [-0.25, -0.2) is 8.78 Å². The summed E-state index contributed by atoms with van der Waals surface area (Å²) in [5.74, 6) is -2.50. The number of nitrogens with one attached hydrogen (secondary N) is 2. The first-order valence-corrected chi connectivity index (χ1v) is 8.59. The SMILES string of the molecule is CNC(=O)C(NC(=O)c1ccc(OC(C)C)c(OC)c1)c1ccc(F)c(F)c1. The molecule has 2 amide bonds.